The number of ether oxygens (including phenoxy) is 2. The number of aromatic nitrogens is 1. The molecule has 0 aliphatic carbocycles. The highest BCUT2D eigenvalue weighted by atomic mass is 35.5. The van der Waals surface area contributed by atoms with Crippen LogP contribution < -0.4 is 0 Å². The van der Waals surface area contributed by atoms with E-state index in [9.17, 15) is 14.4 Å². The minimum Gasteiger partial charge on any atom is -0.464 e. The maximum absolute atomic E-state index is 13.7. The number of carbonyl (C=O) groups excluding carboxylic acids is 3. The minimum atomic E-state index is -0.772. The van der Waals surface area contributed by atoms with Gasteiger partial charge in [0.1, 0.15) is 5.69 Å². The Bertz CT molecular complexity index is 1010. The minimum absolute atomic E-state index is 0.237. The number of carbonyl (C=O) groups is 3. The Morgan fingerprint density at radius 2 is 1.82 bits per heavy atom. The summed E-state index contributed by atoms with van der Waals surface area (Å²) in [6.45, 7) is 10.9. The maximum atomic E-state index is 13.7. The van der Waals surface area contributed by atoms with Crippen LogP contribution in [0.15, 0.2) is 24.3 Å². The van der Waals surface area contributed by atoms with Crippen LogP contribution in [0.5, 0.6) is 0 Å². The van der Waals surface area contributed by atoms with Crippen LogP contribution in [0.2, 0.25) is 5.02 Å². The van der Waals surface area contributed by atoms with Crippen LogP contribution in [-0.2, 0) is 16.0 Å². The molecule has 1 aromatic heterocycles. The largest absolute Gasteiger partial charge is 0.464 e. The first-order valence-electron chi connectivity index (χ1n) is 11.2. The Morgan fingerprint density at radius 3 is 2.39 bits per heavy atom. The second-order valence-electron chi connectivity index (χ2n) is 7.74. The highest BCUT2D eigenvalue weighted by Gasteiger charge is 2.33. The zero-order valence-electron chi connectivity index (χ0n) is 20.2. The second-order valence-corrected chi connectivity index (χ2v) is 8.15. The van der Waals surface area contributed by atoms with Crippen LogP contribution >= 0.6 is 11.6 Å². The number of nitrogens with zero attached hydrogens (tertiary/aromatic N) is 2. The summed E-state index contributed by atoms with van der Waals surface area (Å²) in [5.74, 6) is -1.06. The van der Waals surface area contributed by atoms with Gasteiger partial charge in [0.25, 0.3) is 5.91 Å². The molecule has 0 saturated carbocycles. The normalized spacial score (nSPS) is 11.8. The standard InChI is InChI=1S/C25H33ClN2O5/c1-7-27-17(4)21(16(3)22(27)25(31)32-6)23(29)18(5)28(14-11-15-33-8-2)24(30)19-12-9-10-13-20(19)26/h9-10,12-13,18H,7-8,11,14-15H2,1-6H3. The van der Waals surface area contributed by atoms with Gasteiger partial charge in [-0.25, -0.2) is 4.79 Å². The molecule has 1 atom stereocenters. The van der Waals surface area contributed by atoms with E-state index in [0.717, 1.165) is 0 Å². The van der Waals surface area contributed by atoms with Crippen LogP contribution in [0, 0.1) is 13.8 Å². The molecule has 1 heterocycles. The quantitative estimate of drug-likeness (QED) is 0.267. The molecule has 0 aliphatic heterocycles. The zero-order valence-corrected chi connectivity index (χ0v) is 21.0. The first-order chi connectivity index (χ1) is 15.7. The second kappa shape index (κ2) is 12.0. The summed E-state index contributed by atoms with van der Waals surface area (Å²) in [4.78, 5) is 41.1. The number of hydrogen-bond acceptors (Lipinski definition) is 5. The third kappa shape index (κ3) is 5.65. The van der Waals surface area contributed by atoms with E-state index in [1.165, 1.54) is 12.0 Å². The van der Waals surface area contributed by atoms with Crippen LogP contribution in [0.25, 0.3) is 0 Å². The van der Waals surface area contributed by atoms with Gasteiger partial charge >= 0.3 is 5.97 Å². The molecule has 0 spiro atoms. The van der Waals surface area contributed by atoms with E-state index < -0.39 is 12.0 Å². The van der Waals surface area contributed by atoms with Gasteiger partial charge in [-0.05, 0) is 58.7 Å². The molecule has 2 aromatic rings. The first kappa shape index (κ1) is 26.6. The lowest BCUT2D eigenvalue weighted by atomic mass is 9.99. The summed E-state index contributed by atoms with van der Waals surface area (Å²) in [7, 11) is 1.32. The van der Waals surface area contributed by atoms with Crippen LogP contribution in [0.4, 0.5) is 0 Å². The molecule has 8 heteroatoms. The number of esters is 1. The molecule has 0 aliphatic rings. The number of Topliss-reactive ketones (excluding diaryl/α,β-unsaturated/α-hetero) is 1. The molecule has 180 valence electrons. The molecule has 1 unspecified atom stereocenters. The molecule has 1 amide bonds. The van der Waals surface area contributed by atoms with Crippen molar-refractivity contribution in [1.29, 1.82) is 0 Å². The van der Waals surface area contributed by atoms with Crippen LogP contribution in [-0.4, -0.2) is 60.0 Å². The molecule has 33 heavy (non-hydrogen) atoms. The molecular weight excluding hydrogens is 444 g/mol. The van der Waals surface area contributed by atoms with E-state index in [-0.39, 0.29) is 11.7 Å². The van der Waals surface area contributed by atoms with E-state index in [4.69, 9.17) is 21.1 Å². The van der Waals surface area contributed by atoms with Gasteiger partial charge in [0.2, 0.25) is 0 Å². The van der Waals surface area contributed by atoms with Crippen LogP contribution in [0.1, 0.15) is 69.7 Å². The van der Waals surface area contributed by atoms with E-state index >= 15 is 0 Å². The van der Waals surface area contributed by atoms with Gasteiger partial charge < -0.3 is 18.9 Å². The Labute approximate surface area is 200 Å². The number of halogens is 1. The summed E-state index contributed by atoms with van der Waals surface area (Å²) in [6.07, 6.45) is 0.572. The van der Waals surface area contributed by atoms with E-state index in [1.54, 1.807) is 49.6 Å². The Kier molecular flexibility index (Phi) is 9.68. The predicted octanol–water partition coefficient (Wildman–Crippen LogP) is 4.71. The lowest BCUT2D eigenvalue weighted by molar-refractivity contribution is 0.0584. The molecule has 0 fully saturated rings. The van der Waals surface area contributed by atoms with Gasteiger partial charge in [0, 0.05) is 37.6 Å². The predicted molar refractivity (Wildman–Crippen MR) is 128 cm³/mol. The van der Waals surface area contributed by atoms with Gasteiger partial charge in [-0.2, -0.15) is 0 Å². The zero-order chi connectivity index (χ0) is 24.7. The fourth-order valence-electron chi connectivity index (χ4n) is 4.11. The number of methoxy groups -OCH3 is 1. The molecule has 7 nitrogen and oxygen atoms in total. The third-order valence-corrected chi connectivity index (χ3v) is 6.14. The lowest BCUT2D eigenvalue weighted by Gasteiger charge is -2.29. The van der Waals surface area contributed by atoms with E-state index in [1.807, 2.05) is 13.8 Å². The van der Waals surface area contributed by atoms with Gasteiger partial charge in [-0.3, -0.25) is 9.59 Å². The smallest absolute Gasteiger partial charge is 0.354 e. The van der Waals surface area contributed by atoms with Gasteiger partial charge in [0.15, 0.2) is 5.78 Å². The molecule has 1 aromatic carbocycles. The summed E-state index contributed by atoms with van der Waals surface area (Å²) >= 11 is 6.28. The number of rotatable bonds is 11. The monoisotopic (exact) mass is 476 g/mol. The van der Waals surface area contributed by atoms with Crippen molar-refractivity contribution in [3.8, 4) is 0 Å². The Hall–Kier alpha value is -2.64. The average Bonchev–Trinajstić information content (AvgIpc) is 3.06. The average molecular weight is 477 g/mol. The van der Waals surface area contributed by atoms with Crippen molar-refractivity contribution in [2.24, 2.45) is 0 Å². The Morgan fingerprint density at radius 1 is 1.15 bits per heavy atom. The first-order valence-corrected chi connectivity index (χ1v) is 11.5. The van der Waals surface area contributed by atoms with Gasteiger partial charge in [-0.15, -0.1) is 0 Å². The van der Waals surface area contributed by atoms with Crippen molar-refractivity contribution < 1.29 is 23.9 Å². The summed E-state index contributed by atoms with van der Waals surface area (Å²) < 4.78 is 12.1. The topological polar surface area (TPSA) is 77.8 Å². The number of benzene rings is 1. The number of ketones is 1. The molecule has 0 bridgehead atoms. The molecule has 0 saturated heterocycles. The van der Waals surface area contributed by atoms with E-state index in [0.29, 0.717) is 65.8 Å². The lowest BCUT2D eigenvalue weighted by Crippen LogP contribution is -2.44. The summed E-state index contributed by atoms with van der Waals surface area (Å²) in [6, 6.07) is 6.02. The maximum Gasteiger partial charge on any atom is 0.354 e. The Balaban J connectivity index is 2.47. The van der Waals surface area contributed by atoms with Crippen molar-refractivity contribution in [3.05, 3.63) is 57.4 Å². The van der Waals surface area contributed by atoms with Gasteiger partial charge in [0.05, 0.1) is 23.7 Å². The number of amides is 1. The third-order valence-electron chi connectivity index (χ3n) is 5.81. The fraction of sp³-hybridized carbons (Fsp3) is 0.480. The highest BCUT2D eigenvalue weighted by molar-refractivity contribution is 6.33. The van der Waals surface area contributed by atoms with Crippen molar-refractivity contribution in [1.82, 2.24) is 9.47 Å². The van der Waals surface area contributed by atoms with Crippen molar-refractivity contribution >= 4 is 29.3 Å². The van der Waals surface area contributed by atoms with Crippen LogP contribution in [0.3, 0.4) is 0 Å². The fourth-order valence-corrected chi connectivity index (χ4v) is 4.32. The highest BCUT2D eigenvalue weighted by Crippen LogP contribution is 2.27. The molecular formula is C25H33ClN2O5. The SMILES string of the molecule is CCOCCCN(C(=O)c1ccccc1Cl)C(C)C(=O)c1c(C)c(C(=O)OC)n(CC)c1C. The molecule has 0 radical (unpaired) electrons. The molecule has 2 rings (SSSR count). The molecule has 0 N–H and O–H groups in total. The van der Waals surface area contributed by atoms with Crippen molar-refractivity contribution in [3.63, 3.8) is 0 Å². The van der Waals surface area contributed by atoms with Crippen molar-refractivity contribution in [2.75, 3.05) is 26.9 Å². The van der Waals surface area contributed by atoms with Crippen molar-refractivity contribution in [2.45, 2.75) is 53.6 Å². The number of hydrogen-bond donors (Lipinski definition) is 0. The van der Waals surface area contributed by atoms with E-state index in [2.05, 4.69) is 0 Å². The summed E-state index contributed by atoms with van der Waals surface area (Å²) in [5.41, 5.74) is 2.36. The summed E-state index contributed by atoms with van der Waals surface area (Å²) in [5, 5.41) is 0.328. The van der Waals surface area contributed by atoms with Gasteiger partial charge in [-0.1, -0.05) is 23.7 Å².